The van der Waals surface area contributed by atoms with Crippen molar-refractivity contribution in [3.8, 4) is 16.8 Å². The maximum atomic E-state index is 9.60. The van der Waals surface area contributed by atoms with Crippen molar-refractivity contribution in [2.45, 2.75) is 41.0 Å². The van der Waals surface area contributed by atoms with Crippen molar-refractivity contribution in [1.29, 1.82) is 5.26 Å². The number of aromatic nitrogens is 5. The first-order valence-electron chi connectivity index (χ1n) is 11.7. The van der Waals surface area contributed by atoms with Crippen molar-refractivity contribution in [2.75, 3.05) is 13.7 Å². The van der Waals surface area contributed by atoms with Gasteiger partial charge in [-0.15, -0.1) is 16.4 Å². The van der Waals surface area contributed by atoms with E-state index in [-0.39, 0.29) is 5.69 Å². The highest BCUT2D eigenvalue weighted by atomic mass is 35.5. The van der Waals surface area contributed by atoms with Crippen LogP contribution in [0.25, 0.3) is 10.7 Å². The monoisotopic (exact) mass is 568 g/mol. The molecule has 2 aliphatic rings. The Morgan fingerprint density at radius 3 is 2.87 bits per heavy atom. The second-order valence-corrected chi connectivity index (χ2v) is 11.0. The van der Waals surface area contributed by atoms with Gasteiger partial charge in [0.15, 0.2) is 12.0 Å². The van der Waals surface area contributed by atoms with Gasteiger partial charge in [0, 0.05) is 35.3 Å². The van der Waals surface area contributed by atoms with Crippen molar-refractivity contribution in [2.24, 2.45) is 0 Å². The van der Waals surface area contributed by atoms with E-state index in [9.17, 15) is 5.26 Å². The van der Waals surface area contributed by atoms with Crippen molar-refractivity contribution >= 4 is 34.7 Å². The van der Waals surface area contributed by atoms with E-state index in [1.54, 1.807) is 24.1 Å². The molecule has 4 aromatic rings. The Balaban J connectivity index is 1.37. The summed E-state index contributed by atoms with van der Waals surface area (Å²) in [5.41, 5.74) is 1.26. The first-order chi connectivity index (χ1) is 18.6. The lowest BCUT2D eigenvalue weighted by Gasteiger charge is -2.48. The van der Waals surface area contributed by atoms with Crippen LogP contribution in [0.5, 0.6) is 0 Å². The minimum Gasteiger partial charge on any atom is -0.375 e. The molecule has 2 fully saturated rings. The van der Waals surface area contributed by atoms with Crippen LogP contribution in [0.3, 0.4) is 0 Å². The number of benzene rings is 1. The van der Waals surface area contributed by atoms with Gasteiger partial charge in [-0.3, -0.25) is 0 Å². The number of nitriles is 1. The smallest absolute Gasteiger partial charge is 0.184 e. The van der Waals surface area contributed by atoms with Crippen LogP contribution in [0.4, 0.5) is 0 Å². The zero-order valence-corrected chi connectivity index (χ0v) is 22.3. The quantitative estimate of drug-likeness (QED) is 0.329. The average molecular weight is 569 g/mol. The summed E-state index contributed by atoms with van der Waals surface area (Å²) in [6.45, 7) is 0.293. The van der Waals surface area contributed by atoms with Crippen molar-refractivity contribution in [1.82, 2.24) is 25.0 Å². The number of thioether (sulfide) groups is 1. The number of rotatable bonds is 6. The molecule has 194 valence electrons. The fourth-order valence-electron chi connectivity index (χ4n) is 4.58. The van der Waals surface area contributed by atoms with E-state index in [2.05, 4.69) is 26.3 Å². The molecule has 0 N–H and O–H groups in total. The van der Waals surface area contributed by atoms with Crippen LogP contribution < -0.4 is 0 Å². The van der Waals surface area contributed by atoms with Crippen LogP contribution in [-0.4, -0.2) is 62.4 Å². The van der Waals surface area contributed by atoms with Crippen LogP contribution >= 0.6 is 34.7 Å². The van der Waals surface area contributed by atoms with Gasteiger partial charge in [-0.2, -0.15) is 5.26 Å². The second-order valence-electron chi connectivity index (χ2n) is 8.56. The molecular formula is C25H21ClN6O4S2. The van der Waals surface area contributed by atoms with E-state index in [0.717, 1.165) is 10.6 Å². The third-order valence-electron chi connectivity index (χ3n) is 6.29. The highest BCUT2D eigenvalue weighted by Crippen LogP contribution is 2.45. The van der Waals surface area contributed by atoms with E-state index in [0.29, 0.717) is 22.2 Å². The minimum atomic E-state index is -0.575. The fraction of sp³-hybridized carbons (Fsp3) is 0.320. The molecule has 13 heteroatoms. The molecule has 0 saturated carbocycles. The molecule has 10 nitrogen and oxygen atoms in total. The lowest BCUT2D eigenvalue weighted by Crippen LogP contribution is -2.59. The number of thiazole rings is 1. The highest BCUT2D eigenvalue weighted by molar-refractivity contribution is 7.99. The molecule has 6 rings (SSSR count). The van der Waals surface area contributed by atoms with E-state index >= 15 is 0 Å². The summed E-state index contributed by atoms with van der Waals surface area (Å²) in [5.74, 6) is 0. The summed E-state index contributed by atoms with van der Waals surface area (Å²) in [4.78, 5) is 9.10. The third-order valence-corrected chi connectivity index (χ3v) is 8.47. The molecule has 0 amide bonds. The molecule has 2 saturated heterocycles. The van der Waals surface area contributed by atoms with Crippen LogP contribution in [0.15, 0.2) is 65.3 Å². The zero-order valence-electron chi connectivity index (χ0n) is 20.0. The molecule has 6 atom stereocenters. The summed E-state index contributed by atoms with van der Waals surface area (Å²) < 4.78 is 26.9. The number of halogens is 1. The Morgan fingerprint density at radius 1 is 1.24 bits per heavy atom. The maximum Gasteiger partial charge on any atom is 0.184 e. The van der Waals surface area contributed by atoms with Crippen LogP contribution in [0.1, 0.15) is 23.6 Å². The minimum absolute atomic E-state index is 0.253. The molecule has 5 heterocycles. The topological polar surface area (TPSA) is 117 Å². The molecule has 2 aliphatic heterocycles. The molecular weight excluding hydrogens is 548 g/mol. The van der Waals surface area contributed by atoms with Gasteiger partial charge < -0.3 is 18.9 Å². The van der Waals surface area contributed by atoms with Gasteiger partial charge in [0.05, 0.1) is 17.8 Å². The standard InChI is InChI=1S/C25H21ClN6O4S2/c1-33-22-20(32-12-17(30-31-32)23-28-7-8-37-23)21-18(13-34-24(36-21)14-5-3-2-4-6-14)35-25(22)38-19-9-15(26)11-29-16(19)10-27/h2-9,11-12,18,20-22,24-25H,13H2,1H3/t18?,20?,21-,22?,24?,25+/m0/s1. The number of hydrogen-bond acceptors (Lipinski definition) is 11. The summed E-state index contributed by atoms with van der Waals surface area (Å²) in [5, 5.41) is 21.5. The lowest BCUT2D eigenvalue weighted by atomic mass is 9.96. The van der Waals surface area contributed by atoms with Gasteiger partial charge in [-0.05, 0) is 6.07 Å². The Labute approximate surface area is 231 Å². The largest absolute Gasteiger partial charge is 0.375 e. The van der Waals surface area contributed by atoms with Crippen molar-refractivity contribution in [3.05, 3.63) is 76.6 Å². The molecule has 4 unspecified atom stereocenters. The van der Waals surface area contributed by atoms with E-state index in [1.807, 2.05) is 41.9 Å². The first-order valence-corrected chi connectivity index (χ1v) is 13.8. The summed E-state index contributed by atoms with van der Waals surface area (Å²) >= 11 is 9.00. The SMILES string of the molecule is COC1C(n2cc(-c3nccs3)nn2)[C@H]2OC(c3ccccc3)OCC2O[C@@H]1Sc1cc(Cl)cnc1C#N. The van der Waals surface area contributed by atoms with Crippen molar-refractivity contribution < 1.29 is 18.9 Å². The van der Waals surface area contributed by atoms with Crippen LogP contribution in [0, 0.1) is 11.3 Å². The normalized spacial score (nSPS) is 27.0. The number of nitrogens with zero attached hydrogens (tertiary/aromatic N) is 6. The lowest BCUT2D eigenvalue weighted by molar-refractivity contribution is -0.308. The van der Waals surface area contributed by atoms with Gasteiger partial charge >= 0.3 is 0 Å². The number of methoxy groups -OCH3 is 1. The summed E-state index contributed by atoms with van der Waals surface area (Å²) in [6.07, 6.45) is 3.01. The van der Waals surface area contributed by atoms with E-state index < -0.39 is 36.1 Å². The Bertz CT molecular complexity index is 1430. The Morgan fingerprint density at radius 2 is 2.11 bits per heavy atom. The van der Waals surface area contributed by atoms with Gasteiger partial charge in [0.2, 0.25) is 0 Å². The van der Waals surface area contributed by atoms with Gasteiger partial charge in [-0.25, -0.2) is 14.6 Å². The summed E-state index contributed by atoms with van der Waals surface area (Å²) in [7, 11) is 1.61. The predicted octanol–water partition coefficient (Wildman–Crippen LogP) is 4.51. The zero-order chi connectivity index (χ0) is 26.1. The number of pyridine rings is 1. The predicted molar refractivity (Wildman–Crippen MR) is 139 cm³/mol. The third kappa shape index (κ3) is 4.94. The Hall–Kier alpha value is -2.89. The molecule has 0 radical (unpaired) electrons. The number of hydrogen-bond donors (Lipinski definition) is 0. The summed E-state index contributed by atoms with van der Waals surface area (Å²) in [6, 6.07) is 13.1. The van der Waals surface area contributed by atoms with Crippen molar-refractivity contribution in [3.63, 3.8) is 0 Å². The second kappa shape index (κ2) is 11.1. The van der Waals surface area contributed by atoms with Crippen LogP contribution in [-0.2, 0) is 18.9 Å². The van der Waals surface area contributed by atoms with E-state index in [4.69, 9.17) is 30.5 Å². The number of ether oxygens (including phenoxy) is 4. The molecule has 0 aliphatic carbocycles. The molecule has 1 aromatic carbocycles. The van der Waals surface area contributed by atoms with Gasteiger partial charge in [0.25, 0.3) is 0 Å². The highest BCUT2D eigenvalue weighted by Gasteiger charge is 2.52. The number of fused-ring (bicyclic) bond motifs is 1. The molecule has 0 spiro atoms. The Kier molecular flexibility index (Phi) is 7.40. The molecule has 0 bridgehead atoms. The average Bonchev–Trinajstić information content (AvgIpc) is 3.65. The maximum absolute atomic E-state index is 9.60. The molecule has 3 aromatic heterocycles. The first kappa shape index (κ1) is 25.4. The van der Waals surface area contributed by atoms with Gasteiger partial charge in [-0.1, -0.05) is 58.9 Å². The fourth-order valence-corrected chi connectivity index (χ4v) is 6.65. The molecule has 38 heavy (non-hydrogen) atoms. The van der Waals surface area contributed by atoms with E-state index in [1.165, 1.54) is 29.3 Å². The van der Waals surface area contributed by atoms with Crippen LogP contribution in [0.2, 0.25) is 5.02 Å². The van der Waals surface area contributed by atoms with Gasteiger partial charge in [0.1, 0.15) is 46.6 Å².